The number of anilines is 2. The summed E-state index contributed by atoms with van der Waals surface area (Å²) in [5, 5.41) is 5.76. The van der Waals surface area contributed by atoms with Crippen molar-refractivity contribution in [2.75, 3.05) is 16.8 Å². The standard InChI is InChI=1S/C23H20BrN3O2S/c1-2-27(20-12-4-3-5-13-20)22(29)17-9-7-11-19(15-17)25-23(30)26-21(28)16-8-6-10-18(24)14-16/h3-15H,2H2,1H3,(H2,25,26,28,30). The fourth-order valence-corrected chi connectivity index (χ4v) is 3.51. The van der Waals surface area contributed by atoms with Gasteiger partial charge in [-0.2, -0.15) is 0 Å². The van der Waals surface area contributed by atoms with Gasteiger partial charge in [-0.3, -0.25) is 14.9 Å². The Morgan fingerprint density at radius 3 is 2.33 bits per heavy atom. The molecule has 152 valence electrons. The Labute approximate surface area is 189 Å². The third-order valence-electron chi connectivity index (χ3n) is 4.31. The van der Waals surface area contributed by atoms with Gasteiger partial charge in [0, 0.05) is 33.5 Å². The van der Waals surface area contributed by atoms with E-state index in [1.807, 2.05) is 43.3 Å². The van der Waals surface area contributed by atoms with Crippen molar-refractivity contribution in [3.05, 3.63) is 94.5 Å². The van der Waals surface area contributed by atoms with Gasteiger partial charge in [0.15, 0.2) is 5.11 Å². The van der Waals surface area contributed by atoms with Gasteiger partial charge in [0.1, 0.15) is 0 Å². The molecule has 0 atom stereocenters. The van der Waals surface area contributed by atoms with E-state index in [1.54, 1.807) is 47.4 Å². The second-order valence-corrected chi connectivity index (χ2v) is 7.71. The largest absolute Gasteiger partial charge is 0.332 e. The van der Waals surface area contributed by atoms with Crippen LogP contribution in [-0.4, -0.2) is 23.5 Å². The van der Waals surface area contributed by atoms with Crippen molar-refractivity contribution < 1.29 is 9.59 Å². The predicted molar refractivity (Wildman–Crippen MR) is 128 cm³/mol. The number of thiocarbonyl (C=S) groups is 1. The number of benzene rings is 3. The van der Waals surface area contributed by atoms with Crippen LogP contribution in [0.2, 0.25) is 0 Å². The molecule has 0 saturated heterocycles. The summed E-state index contributed by atoms with van der Waals surface area (Å²) in [7, 11) is 0. The first-order valence-electron chi connectivity index (χ1n) is 9.33. The van der Waals surface area contributed by atoms with E-state index in [9.17, 15) is 9.59 Å². The molecule has 0 saturated carbocycles. The molecule has 2 amide bonds. The van der Waals surface area contributed by atoms with Gasteiger partial charge in [-0.05, 0) is 67.7 Å². The minimum atomic E-state index is -0.317. The molecule has 0 aromatic heterocycles. The molecule has 3 aromatic rings. The molecule has 0 unspecified atom stereocenters. The average molecular weight is 482 g/mol. The van der Waals surface area contributed by atoms with Crippen LogP contribution in [0.15, 0.2) is 83.3 Å². The van der Waals surface area contributed by atoms with E-state index in [-0.39, 0.29) is 16.9 Å². The van der Waals surface area contributed by atoms with E-state index in [4.69, 9.17) is 12.2 Å². The van der Waals surface area contributed by atoms with Crippen molar-refractivity contribution >= 4 is 56.4 Å². The highest BCUT2D eigenvalue weighted by atomic mass is 79.9. The molecule has 0 aliphatic carbocycles. The van der Waals surface area contributed by atoms with Gasteiger partial charge >= 0.3 is 0 Å². The molecule has 0 aliphatic rings. The Balaban J connectivity index is 1.69. The van der Waals surface area contributed by atoms with E-state index in [1.165, 1.54) is 0 Å². The minimum absolute atomic E-state index is 0.114. The SMILES string of the molecule is CCN(C(=O)c1cccc(NC(=S)NC(=O)c2cccc(Br)c2)c1)c1ccccc1. The maximum Gasteiger partial charge on any atom is 0.258 e. The molecule has 0 bridgehead atoms. The topological polar surface area (TPSA) is 61.4 Å². The average Bonchev–Trinajstić information content (AvgIpc) is 2.75. The van der Waals surface area contributed by atoms with Crippen molar-refractivity contribution in [1.29, 1.82) is 0 Å². The van der Waals surface area contributed by atoms with Gasteiger partial charge in [-0.15, -0.1) is 0 Å². The van der Waals surface area contributed by atoms with Crippen molar-refractivity contribution in [3.8, 4) is 0 Å². The molecule has 5 nitrogen and oxygen atoms in total. The monoisotopic (exact) mass is 481 g/mol. The number of amides is 2. The van der Waals surface area contributed by atoms with Crippen LogP contribution < -0.4 is 15.5 Å². The van der Waals surface area contributed by atoms with Crippen LogP contribution in [0.3, 0.4) is 0 Å². The molecular weight excluding hydrogens is 462 g/mol. The molecule has 30 heavy (non-hydrogen) atoms. The summed E-state index contributed by atoms with van der Waals surface area (Å²) in [4.78, 5) is 27.0. The summed E-state index contributed by atoms with van der Waals surface area (Å²) in [6.07, 6.45) is 0. The van der Waals surface area contributed by atoms with Gasteiger partial charge < -0.3 is 10.2 Å². The summed E-state index contributed by atoms with van der Waals surface area (Å²) in [6.45, 7) is 2.47. The number of rotatable bonds is 5. The van der Waals surface area contributed by atoms with Gasteiger partial charge in [0.05, 0.1) is 0 Å². The van der Waals surface area contributed by atoms with Gasteiger partial charge in [0.2, 0.25) is 0 Å². The fraction of sp³-hybridized carbons (Fsp3) is 0.0870. The first-order chi connectivity index (χ1) is 14.5. The Hall–Kier alpha value is -3.03. The van der Waals surface area contributed by atoms with Gasteiger partial charge in [0.25, 0.3) is 11.8 Å². The van der Waals surface area contributed by atoms with Crippen LogP contribution >= 0.6 is 28.1 Å². The van der Waals surface area contributed by atoms with Crippen molar-refractivity contribution in [3.63, 3.8) is 0 Å². The van der Waals surface area contributed by atoms with Crippen LogP contribution in [-0.2, 0) is 0 Å². The molecule has 0 spiro atoms. The quantitative estimate of drug-likeness (QED) is 0.489. The normalized spacial score (nSPS) is 10.2. The molecule has 0 fully saturated rings. The zero-order chi connectivity index (χ0) is 21.5. The zero-order valence-electron chi connectivity index (χ0n) is 16.3. The Kier molecular flexibility index (Phi) is 7.32. The second kappa shape index (κ2) is 10.1. The van der Waals surface area contributed by atoms with Crippen molar-refractivity contribution in [1.82, 2.24) is 5.32 Å². The molecule has 2 N–H and O–H groups in total. The van der Waals surface area contributed by atoms with Crippen LogP contribution in [0, 0.1) is 0 Å². The number of nitrogens with one attached hydrogen (secondary N) is 2. The first kappa shape index (κ1) is 21.7. The molecular formula is C23H20BrN3O2S. The molecule has 0 heterocycles. The predicted octanol–water partition coefficient (Wildman–Crippen LogP) is 5.24. The van der Waals surface area contributed by atoms with E-state index in [2.05, 4.69) is 26.6 Å². The lowest BCUT2D eigenvalue weighted by Gasteiger charge is -2.21. The van der Waals surface area contributed by atoms with E-state index in [0.717, 1.165) is 10.2 Å². The van der Waals surface area contributed by atoms with E-state index >= 15 is 0 Å². The molecule has 0 aliphatic heterocycles. The maximum atomic E-state index is 13.0. The van der Waals surface area contributed by atoms with Crippen molar-refractivity contribution in [2.24, 2.45) is 0 Å². The third-order valence-corrected chi connectivity index (χ3v) is 5.01. The number of carbonyl (C=O) groups excluding carboxylic acids is 2. The number of para-hydroxylation sites is 1. The van der Waals surface area contributed by atoms with Crippen LogP contribution in [0.5, 0.6) is 0 Å². The van der Waals surface area contributed by atoms with Gasteiger partial charge in [-0.1, -0.05) is 46.3 Å². The summed E-state index contributed by atoms with van der Waals surface area (Å²) in [5.74, 6) is -0.432. The number of hydrogen-bond donors (Lipinski definition) is 2. The zero-order valence-corrected chi connectivity index (χ0v) is 18.7. The second-order valence-electron chi connectivity index (χ2n) is 6.38. The smallest absolute Gasteiger partial charge is 0.258 e. The Bertz CT molecular complexity index is 1070. The summed E-state index contributed by atoms with van der Waals surface area (Å²) < 4.78 is 0.805. The number of carbonyl (C=O) groups is 2. The summed E-state index contributed by atoms with van der Waals surface area (Å²) in [5.41, 5.74) is 2.45. The third kappa shape index (κ3) is 5.52. The maximum absolute atomic E-state index is 13.0. The van der Waals surface area contributed by atoms with Crippen molar-refractivity contribution in [2.45, 2.75) is 6.92 Å². The van der Waals surface area contributed by atoms with E-state index in [0.29, 0.717) is 23.4 Å². The lowest BCUT2D eigenvalue weighted by molar-refractivity contribution is 0.0973. The lowest BCUT2D eigenvalue weighted by Crippen LogP contribution is -2.34. The molecule has 3 rings (SSSR count). The van der Waals surface area contributed by atoms with Gasteiger partial charge in [-0.25, -0.2) is 0 Å². The number of hydrogen-bond acceptors (Lipinski definition) is 3. The van der Waals surface area contributed by atoms with Crippen LogP contribution in [0.1, 0.15) is 27.6 Å². The van der Waals surface area contributed by atoms with E-state index < -0.39 is 0 Å². The highest BCUT2D eigenvalue weighted by Gasteiger charge is 2.16. The Morgan fingerprint density at radius 2 is 1.63 bits per heavy atom. The fourth-order valence-electron chi connectivity index (χ4n) is 2.90. The van der Waals surface area contributed by atoms with Crippen LogP contribution in [0.4, 0.5) is 11.4 Å². The number of halogens is 1. The molecule has 3 aromatic carbocycles. The summed E-state index contributed by atoms with van der Waals surface area (Å²) >= 11 is 8.60. The van der Waals surface area contributed by atoms with Crippen LogP contribution in [0.25, 0.3) is 0 Å². The molecule has 7 heteroatoms. The highest BCUT2D eigenvalue weighted by Crippen LogP contribution is 2.19. The number of nitrogens with zero attached hydrogens (tertiary/aromatic N) is 1. The Morgan fingerprint density at radius 1 is 0.933 bits per heavy atom. The first-order valence-corrected chi connectivity index (χ1v) is 10.5. The summed E-state index contributed by atoms with van der Waals surface area (Å²) in [6, 6.07) is 23.5. The molecule has 0 radical (unpaired) electrons. The minimum Gasteiger partial charge on any atom is -0.332 e. The highest BCUT2D eigenvalue weighted by molar-refractivity contribution is 9.10. The lowest BCUT2D eigenvalue weighted by atomic mass is 10.1.